The van der Waals surface area contributed by atoms with E-state index in [4.69, 9.17) is 0 Å². The summed E-state index contributed by atoms with van der Waals surface area (Å²) >= 11 is 0. The summed E-state index contributed by atoms with van der Waals surface area (Å²) in [5.74, 6) is -0.326. The van der Waals surface area contributed by atoms with E-state index in [1.807, 2.05) is 37.3 Å². The van der Waals surface area contributed by atoms with Crippen LogP contribution in [0.4, 0.5) is 5.69 Å². The maximum absolute atomic E-state index is 12.7. The molecule has 0 aliphatic heterocycles. The van der Waals surface area contributed by atoms with Gasteiger partial charge in [-0.2, -0.15) is 5.10 Å². The second-order valence-electron chi connectivity index (χ2n) is 6.05. The number of rotatable bonds is 4. The van der Waals surface area contributed by atoms with E-state index in [1.54, 1.807) is 23.7 Å². The lowest BCUT2D eigenvalue weighted by molar-refractivity contribution is 0.102. The molecular formula is C19H19N3O3S. The minimum Gasteiger partial charge on any atom is -0.322 e. The molecule has 0 spiro atoms. The fourth-order valence-electron chi connectivity index (χ4n) is 2.79. The minimum atomic E-state index is -3.34. The molecule has 3 rings (SSSR count). The van der Waals surface area contributed by atoms with Gasteiger partial charge < -0.3 is 5.32 Å². The van der Waals surface area contributed by atoms with Gasteiger partial charge in [0.05, 0.1) is 27.5 Å². The summed E-state index contributed by atoms with van der Waals surface area (Å²) < 4.78 is 25.1. The van der Waals surface area contributed by atoms with Gasteiger partial charge in [-0.15, -0.1) is 0 Å². The van der Waals surface area contributed by atoms with E-state index in [2.05, 4.69) is 10.4 Å². The normalized spacial score (nSPS) is 11.3. The van der Waals surface area contributed by atoms with Crippen molar-refractivity contribution in [3.63, 3.8) is 0 Å². The van der Waals surface area contributed by atoms with Gasteiger partial charge >= 0.3 is 0 Å². The molecule has 0 saturated carbocycles. The Morgan fingerprint density at radius 3 is 2.38 bits per heavy atom. The molecule has 1 aromatic heterocycles. The molecule has 6 nitrogen and oxygen atoms in total. The lowest BCUT2D eigenvalue weighted by atomic mass is 10.1. The first-order valence-electron chi connectivity index (χ1n) is 8.00. The van der Waals surface area contributed by atoms with Crippen LogP contribution in [0.25, 0.3) is 5.69 Å². The van der Waals surface area contributed by atoms with Crippen molar-refractivity contribution in [3.8, 4) is 5.69 Å². The number of hydrogen-bond donors (Lipinski definition) is 1. The van der Waals surface area contributed by atoms with Crippen molar-refractivity contribution >= 4 is 21.4 Å². The second kappa shape index (κ2) is 6.76. The number of amides is 1. The maximum Gasteiger partial charge on any atom is 0.259 e. The van der Waals surface area contributed by atoms with Gasteiger partial charge in [-0.3, -0.25) is 4.79 Å². The van der Waals surface area contributed by atoms with Gasteiger partial charge in [-0.1, -0.05) is 24.3 Å². The Kier molecular flexibility index (Phi) is 4.65. The Bertz CT molecular complexity index is 1070. The number of para-hydroxylation sites is 1. The van der Waals surface area contributed by atoms with E-state index in [1.165, 1.54) is 12.1 Å². The Morgan fingerprint density at radius 2 is 1.73 bits per heavy atom. The van der Waals surface area contributed by atoms with Crippen LogP contribution in [0.2, 0.25) is 0 Å². The molecule has 134 valence electrons. The van der Waals surface area contributed by atoms with E-state index in [0.29, 0.717) is 22.6 Å². The molecule has 3 aromatic rings. The monoisotopic (exact) mass is 369 g/mol. The molecular weight excluding hydrogens is 350 g/mol. The van der Waals surface area contributed by atoms with Gasteiger partial charge in [-0.05, 0) is 44.2 Å². The number of carbonyl (C=O) groups excluding carboxylic acids is 1. The Morgan fingerprint density at radius 1 is 1.04 bits per heavy atom. The number of benzene rings is 2. The highest BCUT2D eigenvalue weighted by atomic mass is 32.2. The molecule has 0 saturated heterocycles. The number of aromatic nitrogens is 2. The molecule has 2 aromatic carbocycles. The third-order valence-electron chi connectivity index (χ3n) is 4.04. The van der Waals surface area contributed by atoms with Crippen molar-refractivity contribution in [1.29, 1.82) is 0 Å². The standard InChI is InChI=1S/C19H19N3O3S/c1-13-18(14(2)22(21-13)16-9-5-4-6-10-16)19(23)20-15-8-7-11-17(12-15)26(3,24)25/h4-12H,1-3H3,(H,20,23). The van der Waals surface area contributed by atoms with Crippen LogP contribution < -0.4 is 5.32 Å². The van der Waals surface area contributed by atoms with Crippen LogP contribution >= 0.6 is 0 Å². The summed E-state index contributed by atoms with van der Waals surface area (Å²) in [6.07, 6.45) is 1.13. The molecule has 0 bridgehead atoms. The Labute approximate surface area is 152 Å². The van der Waals surface area contributed by atoms with Crippen molar-refractivity contribution in [2.24, 2.45) is 0 Å². The largest absolute Gasteiger partial charge is 0.322 e. The predicted molar refractivity (Wildman–Crippen MR) is 101 cm³/mol. The molecule has 0 radical (unpaired) electrons. The molecule has 1 heterocycles. The molecule has 26 heavy (non-hydrogen) atoms. The Balaban J connectivity index is 1.93. The van der Waals surface area contributed by atoms with Crippen LogP contribution in [-0.4, -0.2) is 30.4 Å². The van der Waals surface area contributed by atoms with Crippen LogP contribution in [0, 0.1) is 13.8 Å². The first-order valence-corrected chi connectivity index (χ1v) is 9.89. The summed E-state index contributed by atoms with van der Waals surface area (Å²) in [4.78, 5) is 12.9. The highest BCUT2D eigenvalue weighted by molar-refractivity contribution is 7.90. The fraction of sp³-hybridized carbons (Fsp3) is 0.158. The summed E-state index contributed by atoms with van der Waals surface area (Å²) in [7, 11) is -3.34. The molecule has 0 fully saturated rings. The number of nitrogens with one attached hydrogen (secondary N) is 1. The number of aryl methyl sites for hydroxylation is 1. The van der Waals surface area contributed by atoms with Gasteiger partial charge in [-0.25, -0.2) is 13.1 Å². The average molecular weight is 369 g/mol. The van der Waals surface area contributed by atoms with Crippen LogP contribution in [0.1, 0.15) is 21.7 Å². The lowest BCUT2D eigenvalue weighted by Crippen LogP contribution is -2.14. The summed E-state index contributed by atoms with van der Waals surface area (Å²) in [5.41, 5.74) is 3.07. The van der Waals surface area contributed by atoms with E-state index in [9.17, 15) is 13.2 Å². The predicted octanol–water partition coefficient (Wildman–Crippen LogP) is 3.14. The number of sulfone groups is 1. The molecule has 0 atom stereocenters. The van der Waals surface area contributed by atoms with Gasteiger partial charge in [0.15, 0.2) is 9.84 Å². The minimum absolute atomic E-state index is 0.156. The van der Waals surface area contributed by atoms with Crippen molar-refractivity contribution in [2.45, 2.75) is 18.7 Å². The van der Waals surface area contributed by atoms with Crippen molar-refractivity contribution in [3.05, 3.63) is 71.5 Å². The van der Waals surface area contributed by atoms with Crippen LogP contribution in [0.5, 0.6) is 0 Å². The highest BCUT2D eigenvalue weighted by Crippen LogP contribution is 2.21. The first-order chi connectivity index (χ1) is 12.3. The number of anilines is 1. The van der Waals surface area contributed by atoms with Gasteiger partial charge in [0.1, 0.15) is 0 Å². The number of carbonyl (C=O) groups is 1. The fourth-order valence-corrected chi connectivity index (χ4v) is 3.46. The quantitative estimate of drug-likeness (QED) is 0.766. The van der Waals surface area contributed by atoms with E-state index >= 15 is 0 Å². The molecule has 1 amide bonds. The topological polar surface area (TPSA) is 81.1 Å². The van der Waals surface area contributed by atoms with E-state index in [0.717, 1.165) is 11.9 Å². The summed E-state index contributed by atoms with van der Waals surface area (Å²) in [5, 5.41) is 7.22. The van der Waals surface area contributed by atoms with Crippen LogP contribution in [-0.2, 0) is 9.84 Å². The third-order valence-corrected chi connectivity index (χ3v) is 5.15. The number of hydrogen-bond acceptors (Lipinski definition) is 4. The molecule has 0 unspecified atom stereocenters. The van der Waals surface area contributed by atoms with Crippen LogP contribution in [0.3, 0.4) is 0 Å². The summed E-state index contributed by atoms with van der Waals surface area (Å²) in [6, 6.07) is 15.7. The smallest absolute Gasteiger partial charge is 0.259 e. The average Bonchev–Trinajstić information content (AvgIpc) is 2.89. The van der Waals surface area contributed by atoms with Gasteiger partial charge in [0.25, 0.3) is 5.91 Å². The second-order valence-corrected chi connectivity index (χ2v) is 8.06. The van der Waals surface area contributed by atoms with E-state index < -0.39 is 9.84 Å². The zero-order valence-corrected chi connectivity index (χ0v) is 15.5. The van der Waals surface area contributed by atoms with Crippen LogP contribution in [0.15, 0.2) is 59.5 Å². The molecule has 7 heteroatoms. The van der Waals surface area contributed by atoms with Crippen molar-refractivity contribution in [2.75, 3.05) is 11.6 Å². The first kappa shape index (κ1) is 17.9. The number of nitrogens with zero attached hydrogens (tertiary/aromatic N) is 2. The van der Waals surface area contributed by atoms with Gasteiger partial charge in [0.2, 0.25) is 0 Å². The third kappa shape index (κ3) is 3.52. The van der Waals surface area contributed by atoms with Crippen molar-refractivity contribution < 1.29 is 13.2 Å². The van der Waals surface area contributed by atoms with Crippen molar-refractivity contribution in [1.82, 2.24) is 9.78 Å². The Hall–Kier alpha value is -2.93. The lowest BCUT2D eigenvalue weighted by Gasteiger charge is -2.08. The van der Waals surface area contributed by atoms with E-state index in [-0.39, 0.29) is 10.8 Å². The highest BCUT2D eigenvalue weighted by Gasteiger charge is 2.20. The zero-order valence-electron chi connectivity index (χ0n) is 14.7. The molecule has 0 aliphatic rings. The maximum atomic E-state index is 12.7. The SMILES string of the molecule is Cc1nn(-c2ccccc2)c(C)c1C(=O)Nc1cccc(S(C)(=O)=O)c1. The van der Waals surface area contributed by atoms with Gasteiger partial charge in [0, 0.05) is 11.9 Å². The molecule has 0 aliphatic carbocycles. The molecule has 1 N–H and O–H groups in total. The summed E-state index contributed by atoms with van der Waals surface area (Å²) in [6.45, 7) is 3.60. The zero-order chi connectivity index (χ0) is 18.9.